The second-order valence-electron chi connectivity index (χ2n) is 5.56. The summed E-state index contributed by atoms with van der Waals surface area (Å²) in [5.41, 5.74) is -0.620. The Bertz CT molecular complexity index is 516. The van der Waals surface area contributed by atoms with Crippen molar-refractivity contribution in [3.05, 3.63) is 18.6 Å². The molecule has 7 heteroatoms. The molecule has 0 spiro atoms. The van der Waals surface area contributed by atoms with Crippen molar-refractivity contribution < 1.29 is 4.79 Å². The van der Waals surface area contributed by atoms with Gasteiger partial charge in [0.15, 0.2) is 0 Å². The summed E-state index contributed by atoms with van der Waals surface area (Å²) in [6, 6.07) is 0. The first-order valence-electron chi connectivity index (χ1n) is 6.62. The molecule has 20 heavy (non-hydrogen) atoms. The molecule has 1 aromatic heterocycles. The third-order valence-electron chi connectivity index (χ3n) is 4.17. The summed E-state index contributed by atoms with van der Waals surface area (Å²) in [5, 5.41) is 0. The molecule has 1 saturated heterocycles. The van der Waals surface area contributed by atoms with Crippen molar-refractivity contribution >= 4 is 34.9 Å². The SMILES string of the molecule is CC1(C(=O)N2CCN(c3cnccn3)CC2)CC1(Cl)Cl. The number of carbonyl (C=O) groups excluding carboxylic acids is 1. The van der Waals surface area contributed by atoms with Gasteiger partial charge >= 0.3 is 0 Å². The molecule has 3 rings (SSSR count). The minimum Gasteiger partial charge on any atom is -0.352 e. The van der Waals surface area contributed by atoms with Gasteiger partial charge in [0.2, 0.25) is 5.91 Å². The number of piperazine rings is 1. The molecule has 108 valence electrons. The van der Waals surface area contributed by atoms with E-state index in [-0.39, 0.29) is 5.91 Å². The Hall–Kier alpha value is -1.07. The highest BCUT2D eigenvalue weighted by Crippen LogP contribution is 2.64. The number of rotatable bonds is 2. The van der Waals surface area contributed by atoms with Crippen LogP contribution < -0.4 is 4.90 Å². The minimum atomic E-state index is -0.897. The molecule has 1 saturated carbocycles. The largest absolute Gasteiger partial charge is 0.352 e. The van der Waals surface area contributed by atoms with Crippen LogP contribution in [0.5, 0.6) is 0 Å². The zero-order chi connectivity index (χ0) is 14.4. The second-order valence-corrected chi connectivity index (χ2v) is 7.04. The van der Waals surface area contributed by atoms with Crippen LogP contribution in [0.2, 0.25) is 0 Å². The molecule has 0 aromatic carbocycles. The van der Waals surface area contributed by atoms with Crippen molar-refractivity contribution in [1.29, 1.82) is 0 Å². The van der Waals surface area contributed by atoms with Crippen LogP contribution in [0.3, 0.4) is 0 Å². The highest BCUT2D eigenvalue weighted by Gasteiger charge is 2.68. The molecule has 5 nitrogen and oxygen atoms in total. The van der Waals surface area contributed by atoms with Gasteiger partial charge in [-0.05, 0) is 13.3 Å². The Labute approximate surface area is 127 Å². The number of hydrogen-bond donors (Lipinski definition) is 0. The molecule has 1 unspecified atom stereocenters. The summed E-state index contributed by atoms with van der Waals surface area (Å²) >= 11 is 12.2. The lowest BCUT2D eigenvalue weighted by Gasteiger charge is -2.36. The molecule has 1 amide bonds. The number of aromatic nitrogens is 2. The lowest BCUT2D eigenvalue weighted by Crippen LogP contribution is -2.51. The first-order chi connectivity index (χ1) is 9.44. The summed E-state index contributed by atoms with van der Waals surface area (Å²) in [6.07, 6.45) is 5.60. The maximum Gasteiger partial charge on any atom is 0.231 e. The van der Waals surface area contributed by atoms with Crippen LogP contribution in [0.15, 0.2) is 18.6 Å². The molecule has 1 aliphatic heterocycles. The maximum atomic E-state index is 12.5. The molecule has 1 aromatic rings. The van der Waals surface area contributed by atoms with Gasteiger partial charge in [-0.25, -0.2) is 4.98 Å². The Morgan fingerprint density at radius 3 is 2.40 bits per heavy atom. The van der Waals surface area contributed by atoms with Gasteiger partial charge in [0.05, 0.1) is 11.6 Å². The van der Waals surface area contributed by atoms with Gasteiger partial charge in [0.25, 0.3) is 0 Å². The van der Waals surface area contributed by atoms with E-state index in [0.717, 1.165) is 18.9 Å². The quantitative estimate of drug-likeness (QED) is 0.780. The van der Waals surface area contributed by atoms with Crippen LogP contribution in [0, 0.1) is 5.41 Å². The second kappa shape index (κ2) is 4.74. The zero-order valence-electron chi connectivity index (χ0n) is 11.2. The summed E-state index contributed by atoms with van der Waals surface area (Å²) in [5.74, 6) is 0.905. The van der Waals surface area contributed by atoms with Crippen LogP contribution in [0.25, 0.3) is 0 Å². The van der Waals surface area contributed by atoms with Crippen molar-refractivity contribution in [3.63, 3.8) is 0 Å². The highest BCUT2D eigenvalue weighted by molar-refractivity contribution is 6.53. The molecule has 1 aliphatic carbocycles. The molecule has 1 atom stereocenters. The number of anilines is 1. The molecule has 2 heterocycles. The van der Waals surface area contributed by atoms with Crippen LogP contribution in [-0.2, 0) is 4.79 Å². The molecule has 0 N–H and O–H groups in total. The summed E-state index contributed by atoms with van der Waals surface area (Å²) in [7, 11) is 0. The van der Waals surface area contributed by atoms with Gasteiger partial charge in [-0.3, -0.25) is 9.78 Å². The lowest BCUT2D eigenvalue weighted by atomic mass is 10.1. The highest BCUT2D eigenvalue weighted by atomic mass is 35.5. The van der Waals surface area contributed by atoms with Crippen molar-refractivity contribution in [2.45, 2.75) is 17.7 Å². The van der Waals surface area contributed by atoms with Crippen LogP contribution in [0.1, 0.15) is 13.3 Å². The maximum absolute atomic E-state index is 12.5. The monoisotopic (exact) mass is 314 g/mol. The number of carbonyl (C=O) groups is 1. The average Bonchev–Trinajstić information content (AvgIpc) is 2.99. The van der Waals surface area contributed by atoms with Crippen LogP contribution in [0.4, 0.5) is 5.82 Å². The summed E-state index contributed by atoms with van der Waals surface area (Å²) in [4.78, 5) is 24.8. The van der Waals surface area contributed by atoms with E-state index >= 15 is 0 Å². The van der Waals surface area contributed by atoms with E-state index in [2.05, 4.69) is 14.9 Å². The van der Waals surface area contributed by atoms with Gasteiger partial charge in [-0.1, -0.05) is 0 Å². The van der Waals surface area contributed by atoms with Gasteiger partial charge in [-0.15, -0.1) is 23.2 Å². The smallest absolute Gasteiger partial charge is 0.231 e. The fourth-order valence-corrected chi connectivity index (χ4v) is 3.27. The molecular formula is C13H16Cl2N4O. The standard InChI is InChI=1S/C13H16Cl2N4O/c1-12(9-13(12,14)15)11(20)19-6-4-18(5-7-19)10-8-16-2-3-17-10/h2-3,8H,4-7,9H2,1H3. The fraction of sp³-hybridized carbons (Fsp3) is 0.615. The minimum absolute atomic E-state index is 0.0568. The normalized spacial score (nSPS) is 28.4. The number of amides is 1. The first kappa shape index (κ1) is 13.9. The lowest BCUT2D eigenvalue weighted by molar-refractivity contribution is -0.136. The zero-order valence-corrected chi connectivity index (χ0v) is 12.7. The number of nitrogens with zero attached hydrogens (tertiary/aromatic N) is 4. The number of alkyl halides is 2. The van der Waals surface area contributed by atoms with E-state index in [1.165, 1.54) is 0 Å². The Morgan fingerprint density at radius 1 is 1.25 bits per heavy atom. The first-order valence-corrected chi connectivity index (χ1v) is 7.38. The molecular weight excluding hydrogens is 299 g/mol. The predicted molar refractivity (Wildman–Crippen MR) is 78.0 cm³/mol. The van der Waals surface area contributed by atoms with Gasteiger partial charge in [-0.2, -0.15) is 0 Å². The van der Waals surface area contributed by atoms with Crippen LogP contribution >= 0.6 is 23.2 Å². The molecule has 0 radical (unpaired) electrons. The van der Waals surface area contributed by atoms with Crippen molar-refractivity contribution in [3.8, 4) is 0 Å². The van der Waals surface area contributed by atoms with E-state index in [9.17, 15) is 4.79 Å². The van der Waals surface area contributed by atoms with Gasteiger partial charge in [0, 0.05) is 38.6 Å². The average molecular weight is 315 g/mol. The summed E-state index contributed by atoms with van der Waals surface area (Å²) < 4.78 is -0.897. The molecule has 2 fully saturated rings. The topological polar surface area (TPSA) is 49.3 Å². The fourth-order valence-electron chi connectivity index (χ4n) is 2.57. The Morgan fingerprint density at radius 2 is 1.90 bits per heavy atom. The Balaban J connectivity index is 1.61. The van der Waals surface area contributed by atoms with Gasteiger partial charge < -0.3 is 9.80 Å². The van der Waals surface area contributed by atoms with Crippen molar-refractivity contribution in [2.75, 3.05) is 31.1 Å². The van der Waals surface area contributed by atoms with Crippen molar-refractivity contribution in [2.24, 2.45) is 5.41 Å². The third kappa shape index (κ3) is 2.23. The van der Waals surface area contributed by atoms with E-state index in [1.54, 1.807) is 18.6 Å². The predicted octanol–water partition coefficient (Wildman–Crippen LogP) is 1.71. The third-order valence-corrected chi connectivity index (χ3v) is 5.27. The van der Waals surface area contributed by atoms with E-state index < -0.39 is 9.75 Å². The molecule has 0 bridgehead atoms. The van der Waals surface area contributed by atoms with Crippen molar-refractivity contribution in [1.82, 2.24) is 14.9 Å². The van der Waals surface area contributed by atoms with E-state index in [1.807, 2.05) is 11.8 Å². The van der Waals surface area contributed by atoms with E-state index in [4.69, 9.17) is 23.2 Å². The number of halogens is 2. The molecule has 2 aliphatic rings. The summed E-state index contributed by atoms with van der Waals surface area (Å²) in [6.45, 7) is 4.66. The number of hydrogen-bond acceptors (Lipinski definition) is 4. The Kier molecular flexibility index (Phi) is 3.29. The van der Waals surface area contributed by atoms with Gasteiger partial charge in [0.1, 0.15) is 10.2 Å². The van der Waals surface area contributed by atoms with E-state index in [0.29, 0.717) is 19.5 Å². The van der Waals surface area contributed by atoms with Crippen LogP contribution in [-0.4, -0.2) is 51.3 Å².